The van der Waals surface area contributed by atoms with E-state index in [1.54, 1.807) is 28.6 Å². The molecule has 0 aliphatic heterocycles. The molecule has 0 saturated carbocycles. The van der Waals surface area contributed by atoms with E-state index in [1.807, 2.05) is 67.6 Å². The molecule has 0 aliphatic carbocycles. The molecule has 2 aromatic heterocycles. The van der Waals surface area contributed by atoms with E-state index in [-0.39, 0.29) is 5.91 Å². The largest absolute Gasteiger partial charge is 0.279 e. The number of anilines is 1. The van der Waals surface area contributed by atoms with Crippen LogP contribution >= 0.6 is 11.3 Å². The predicted octanol–water partition coefficient (Wildman–Crippen LogP) is 4.85. The highest BCUT2D eigenvalue weighted by Crippen LogP contribution is 2.32. The maximum Gasteiger partial charge on any atom is 0.260 e. The first kappa shape index (κ1) is 16.4. The summed E-state index contributed by atoms with van der Waals surface area (Å²) in [6.45, 7) is 2.49. The second-order valence-corrected chi connectivity index (χ2v) is 7.04. The van der Waals surface area contributed by atoms with Crippen molar-refractivity contribution in [3.05, 3.63) is 89.7 Å². The number of aromatic nitrogens is 2. The normalized spacial score (nSPS) is 10.8. The van der Waals surface area contributed by atoms with Crippen LogP contribution in [-0.4, -0.2) is 15.9 Å². The van der Waals surface area contributed by atoms with E-state index in [0.717, 1.165) is 21.3 Å². The Morgan fingerprint density at radius 1 is 1.00 bits per heavy atom. The lowest BCUT2D eigenvalue weighted by Crippen LogP contribution is -2.30. The molecule has 5 heteroatoms. The number of nitrogens with zero attached hydrogens (tertiary/aromatic N) is 3. The summed E-state index contributed by atoms with van der Waals surface area (Å²) in [6.07, 6.45) is 3.48. The van der Waals surface area contributed by atoms with Gasteiger partial charge in [-0.05, 0) is 48.4 Å². The molecule has 128 valence electrons. The zero-order valence-corrected chi connectivity index (χ0v) is 15.1. The third-order valence-corrected chi connectivity index (χ3v) is 5.24. The Morgan fingerprint density at radius 2 is 1.77 bits per heavy atom. The number of carbonyl (C=O) groups is 1. The number of hydrogen-bond donors (Lipinski definition) is 0. The number of carbonyl (C=O) groups excluding carboxylic acids is 1. The van der Waals surface area contributed by atoms with Crippen LogP contribution in [0.15, 0.2) is 73.1 Å². The molecule has 1 amide bonds. The van der Waals surface area contributed by atoms with E-state index in [0.29, 0.717) is 17.2 Å². The van der Waals surface area contributed by atoms with Crippen LogP contribution in [0.4, 0.5) is 5.13 Å². The Balaban J connectivity index is 1.78. The van der Waals surface area contributed by atoms with Crippen LogP contribution in [0.2, 0.25) is 0 Å². The number of pyridine rings is 1. The van der Waals surface area contributed by atoms with E-state index < -0.39 is 0 Å². The standard InChI is InChI=1S/C21H17N3OS/c1-15-6-5-9-18-19(15)23-21(26-18)24(14-16-10-12-22-13-11-16)20(25)17-7-3-2-4-8-17/h2-13H,14H2,1H3. The molecule has 4 rings (SSSR count). The molecular weight excluding hydrogens is 342 g/mol. The number of rotatable bonds is 4. The minimum absolute atomic E-state index is 0.0564. The lowest BCUT2D eigenvalue weighted by Gasteiger charge is -2.20. The molecular formula is C21H17N3OS. The van der Waals surface area contributed by atoms with Crippen molar-refractivity contribution in [3.63, 3.8) is 0 Å². The van der Waals surface area contributed by atoms with E-state index in [4.69, 9.17) is 4.98 Å². The lowest BCUT2D eigenvalue weighted by molar-refractivity contribution is 0.0985. The van der Waals surface area contributed by atoms with Crippen molar-refractivity contribution >= 4 is 32.6 Å². The quantitative estimate of drug-likeness (QED) is 0.523. The zero-order valence-electron chi connectivity index (χ0n) is 14.3. The van der Waals surface area contributed by atoms with Crippen molar-refractivity contribution in [1.82, 2.24) is 9.97 Å². The van der Waals surface area contributed by atoms with Crippen molar-refractivity contribution < 1.29 is 4.79 Å². The van der Waals surface area contributed by atoms with Gasteiger partial charge in [-0.3, -0.25) is 14.7 Å². The maximum absolute atomic E-state index is 13.2. The van der Waals surface area contributed by atoms with Gasteiger partial charge in [0.15, 0.2) is 5.13 Å². The molecule has 0 unspecified atom stereocenters. The minimum atomic E-state index is -0.0564. The highest BCUT2D eigenvalue weighted by molar-refractivity contribution is 7.22. The Kier molecular flexibility index (Phi) is 4.46. The fourth-order valence-electron chi connectivity index (χ4n) is 2.82. The second kappa shape index (κ2) is 7.06. The minimum Gasteiger partial charge on any atom is -0.279 e. The van der Waals surface area contributed by atoms with Gasteiger partial charge in [0, 0.05) is 18.0 Å². The van der Waals surface area contributed by atoms with Crippen molar-refractivity contribution in [2.45, 2.75) is 13.5 Å². The number of fused-ring (bicyclic) bond motifs is 1. The van der Waals surface area contributed by atoms with Gasteiger partial charge in [-0.25, -0.2) is 4.98 Å². The third-order valence-electron chi connectivity index (χ3n) is 4.20. The first-order valence-electron chi connectivity index (χ1n) is 8.34. The molecule has 0 radical (unpaired) electrons. The highest BCUT2D eigenvalue weighted by atomic mass is 32.1. The molecule has 0 fully saturated rings. The van der Waals surface area contributed by atoms with Crippen molar-refractivity contribution in [2.24, 2.45) is 0 Å². The van der Waals surface area contributed by atoms with Gasteiger partial charge in [0.05, 0.1) is 16.8 Å². The molecule has 0 aliphatic rings. The average molecular weight is 359 g/mol. The van der Waals surface area contributed by atoms with Crippen LogP contribution in [0.3, 0.4) is 0 Å². The molecule has 0 atom stereocenters. The van der Waals surface area contributed by atoms with E-state index in [2.05, 4.69) is 4.98 Å². The Morgan fingerprint density at radius 3 is 2.50 bits per heavy atom. The van der Waals surface area contributed by atoms with Gasteiger partial charge in [-0.2, -0.15) is 0 Å². The first-order valence-corrected chi connectivity index (χ1v) is 9.16. The molecule has 0 saturated heterocycles. The van der Waals surface area contributed by atoms with Crippen LogP contribution in [-0.2, 0) is 6.54 Å². The van der Waals surface area contributed by atoms with Crippen LogP contribution in [0.5, 0.6) is 0 Å². The topological polar surface area (TPSA) is 46.1 Å². The van der Waals surface area contributed by atoms with Crippen LogP contribution in [0, 0.1) is 6.92 Å². The Bertz CT molecular complexity index is 1040. The molecule has 4 nitrogen and oxygen atoms in total. The van der Waals surface area contributed by atoms with Crippen LogP contribution in [0.1, 0.15) is 21.5 Å². The predicted molar refractivity (Wildman–Crippen MR) is 106 cm³/mol. The smallest absolute Gasteiger partial charge is 0.260 e. The molecule has 4 aromatic rings. The van der Waals surface area contributed by atoms with Gasteiger partial charge < -0.3 is 0 Å². The van der Waals surface area contributed by atoms with Gasteiger partial charge in [0.25, 0.3) is 5.91 Å². The summed E-state index contributed by atoms with van der Waals surface area (Å²) in [6, 6.07) is 19.3. The summed E-state index contributed by atoms with van der Waals surface area (Å²) in [5.41, 5.74) is 3.73. The summed E-state index contributed by atoms with van der Waals surface area (Å²) in [5, 5.41) is 0.708. The van der Waals surface area contributed by atoms with Gasteiger partial charge in [-0.1, -0.05) is 41.7 Å². The Labute approximate surface area is 155 Å². The summed E-state index contributed by atoms with van der Waals surface area (Å²) < 4.78 is 1.08. The van der Waals surface area contributed by atoms with Crippen molar-refractivity contribution in [3.8, 4) is 0 Å². The monoisotopic (exact) mass is 359 g/mol. The highest BCUT2D eigenvalue weighted by Gasteiger charge is 2.22. The molecule has 0 bridgehead atoms. The van der Waals surface area contributed by atoms with Crippen LogP contribution in [0.25, 0.3) is 10.2 Å². The van der Waals surface area contributed by atoms with Gasteiger partial charge in [0.2, 0.25) is 0 Å². The Hall–Kier alpha value is -3.05. The molecule has 26 heavy (non-hydrogen) atoms. The van der Waals surface area contributed by atoms with Gasteiger partial charge >= 0.3 is 0 Å². The number of amides is 1. The van der Waals surface area contributed by atoms with E-state index in [9.17, 15) is 4.79 Å². The summed E-state index contributed by atoms with van der Waals surface area (Å²) in [4.78, 5) is 23.8. The second-order valence-electron chi connectivity index (χ2n) is 6.03. The van der Waals surface area contributed by atoms with Gasteiger partial charge in [-0.15, -0.1) is 0 Å². The molecule has 2 aromatic carbocycles. The first-order chi connectivity index (χ1) is 12.7. The van der Waals surface area contributed by atoms with Crippen molar-refractivity contribution in [1.29, 1.82) is 0 Å². The fourth-order valence-corrected chi connectivity index (χ4v) is 3.86. The number of hydrogen-bond acceptors (Lipinski definition) is 4. The van der Waals surface area contributed by atoms with E-state index >= 15 is 0 Å². The molecule has 0 N–H and O–H groups in total. The maximum atomic E-state index is 13.2. The number of thiazole rings is 1. The summed E-state index contributed by atoms with van der Waals surface area (Å²) in [7, 11) is 0. The number of aryl methyl sites for hydroxylation is 1. The van der Waals surface area contributed by atoms with Crippen molar-refractivity contribution in [2.75, 3.05) is 4.90 Å². The van der Waals surface area contributed by atoms with E-state index in [1.165, 1.54) is 0 Å². The number of para-hydroxylation sites is 1. The summed E-state index contributed by atoms with van der Waals surface area (Å²) in [5.74, 6) is -0.0564. The third kappa shape index (κ3) is 3.21. The molecule has 2 heterocycles. The summed E-state index contributed by atoms with van der Waals surface area (Å²) >= 11 is 1.54. The molecule has 0 spiro atoms. The fraction of sp³-hybridized carbons (Fsp3) is 0.0952. The number of benzene rings is 2. The zero-order chi connectivity index (χ0) is 17.9. The van der Waals surface area contributed by atoms with Crippen LogP contribution < -0.4 is 4.90 Å². The SMILES string of the molecule is Cc1cccc2sc(N(Cc3ccncc3)C(=O)c3ccccc3)nc12. The van der Waals surface area contributed by atoms with Gasteiger partial charge in [0.1, 0.15) is 0 Å². The average Bonchev–Trinajstić information content (AvgIpc) is 3.12. The lowest BCUT2D eigenvalue weighted by atomic mass is 10.2.